The summed E-state index contributed by atoms with van der Waals surface area (Å²) in [5.41, 5.74) is 3.69. The lowest BCUT2D eigenvalue weighted by Crippen LogP contribution is -2.48. The molecule has 1 amide bonds. The molecule has 2 aromatic carbocycles. The zero-order valence-electron chi connectivity index (χ0n) is 14.3. The van der Waals surface area contributed by atoms with Crippen LogP contribution in [0.25, 0.3) is 0 Å². The second-order valence-corrected chi connectivity index (χ2v) is 6.23. The van der Waals surface area contributed by atoms with Gasteiger partial charge in [0, 0.05) is 20.1 Å². The minimum atomic E-state index is -0.137. The van der Waals surface area contributed by atoms with Crippen molar-refractivity contribution >= 4 is 5.91 Å². The summed E-state index contributed by atoms with van der Waals surface area (Å²) >= 11 is 0. The number of carbonyl (C=O) groups excluding carboxylic acids is 1. The van der Waals surface area contributed by atoms with Crippen molar-refractivity contribution in [1.29, 1.82) is 0 Å². The van der Waals surface area contributed by atoms with E-state index >= 15 is 0 Å². The van der Waals surface area contributed by atoms with Crippen molar-refractivity contribution in [2.45, 2.75) is 25.4 Å². The van der Waals surface area contributed by atoms with Crippen LogP contribution in [-0.4, -0.2) is 37.6 Å². The molecule has 4 heteroatoms. The van der Waals surface area contributed by atoms with E-state index in [1.807, 2.05) is 48.3 Å². The van der Waals surface area contributed by atoms with Crippen molar-refractivity contribution in [3.63, 3.8) is 0 Å². The predicted molar refractivity (Wildman–Crippen MR) is 95.1 cm³/mol. The van der Waals surface area contributed by atoms with E-state index in [-0.39, 0.29) is 11.9 Å². The summed E-state index contributed by atoms with van der Waals surface area (Å²) in [6, 6.07) is 16.1. The van der Waals surface area contributed by atoms with E-state index in [1.54, 1.807) is 7.11 Å². The predicted octanol–water partition coefficient (Wildman–Crippen LogP) is 2.41. The summed E-state index contributed by atoms with van der Waals surface area (Å²) in [7, 11) is 3.55. The molecule has 1 N–H and O–H groups in total. The standard InChI is InChI=1S/C20H24N2O2/c1-22(12-11-15-7-5-6-10-19(15)24-2)20(23)18-13-16-8-3-4-9-17(16)14-21-18/h3-10,18,21H,11-14H2,1-2H3. The number of nitrogens with zero attached hydrogens (tertiary/aromatic N) is 1. The summed E-state index contributed by atoms with van der Waals surface area (Å²) in [6.45, 7) is 1.44. The molecule has 3 rings (SSSR count). The highest BCUT2D eigenvalue weighted by Gasteiger charge is 2.26. The molecule has 0 aromatic heterocycles. The van der Waals surface area contributed by atoms with E-state index in [2.05, 4.69) is 17.4 Å². The number of likely N-dealkylation sites (N-methyl/N-ethyl adjacent to an activating group) is 1. The first-order chi connectivity index (χ1) is 11.7. The van der Waals surface area contributed by atoms with Crippen LogP contribution in [0.2, 0.25) is 0 Å². The average Bonchev–Trinajstić information content (AvgIpc) is 2.65. The van der Waals surface area contributed by atoms with Crippen LogP contribution >= 0.6 is 0 Å². The molecule has 0 bridgehead atoms. The van der Waals surface area contributed by atoms with Gasteiger partial charge in [-0.1, -0.05) is 42.5 Å². The topological polar surface area (TPSA) is 41.6 Å². The maximum Gasteiger partial charge on any atom is 0.239 e. The Morgan fingerprint density at radius 2 is 1.88 bits per heavy atom. The highest BCUT2D eigenvalue weighted by Crippen LogP contribution is 2.19. The van der Waals surface area contributed by atoms with E-state index in [0.717, 1.165) is 30.7 Å². The third kappa shape index (κ3) is 3.60. The van der Waals surface area contributed by atoms with Gasteiger partial charge in [0.15, 0.2) is 0 Å². The van der Waals surface area contributed by atoms with Crippen LogP contribution in [0, 0.1) is 0 Å². The zero-order chi connectivity index (χ0) is 16.9. The van der Waals surface area contributed by atoms with Gasteiger partial charge >= 0.3 is 0 Å². The van der Waals surface area contributed by atoms with Gasteiger partial charge in [0.05, 0.1) is 13.2 Å². The molecule has 0 spiro atoms. The molecule has 0 saturated heterocycles. The lowest BCUT2D eigenvalue weighted by molar-refractivity contribution is -0.132. The number of nitrogens with one attached hydrogen (secondary N) is 1. The maximum absolute atomic E-state index is 12.7. The monoisotopic (exact) mass is 324 g/mol. The van der Waals surface area contributed by atoms with Crippen molar-refractivity contribution in [2.24, 2.45) is 0 Å². The van der Waals surface area contributed by atoms with Crippen LogP contribution in [-0.2, 0) is 24.2 Å². The van der Waals surface area contributed by atoms with Gasteiger partial charge in [-0.15, -0.1) is 0 Å². The summed E-state index contributed by atoms with van der Waals surface area (Å²) in [6.07, 6.45) is 1.55. The van der Waals surface area contributed by atoms with E-state index < -0.39 is 0 Å². The van der Waals surface area contributed by atoms with Crippen LogP contribution in [0.1, 0.15) is 16.7 Å². The molecule has 1 atom stereocenters. The normalized spacial score (nSPS) is 16.3. The number of ether oxygens (including phenoxy) is 1. The first kappa shape index (κ1) is 16.5. The van der Waals surface area contributed by atoms with Gasteiger partial charge < -0.3 is 15.0 Å². The quantitative estimate of drug-likeness (QED) is 0.918. The fourth-order valence-electron chi connectivity index (χ4n) is 3.20. The molecule has 4 nitrogen and oxygen atoms in total. The molecule has 1 heterocycles. The molecule has 2 aromatic rings. The van der Waals surface area contributed by atoms with Gasteiger partial charge in [0.2, 0.25) is 5.91 Å². The van der Waals surface area contributed by atoms with Crippen LogP contribution in [0.15, 0.2) is 48.5 Å². The van der Waals surface area contributed by atoms with Crippen molar-refractivity contribution in [3.8, 4) is 5.75 Å². The molecular weight excluding hydrogens is 300 g/mol. The van der Waals surface area contributed by atoms with Gasteiger partial charge in [-0.05, 0) is 35.6 Å². The first-order valence-corrected chi connectivity index (χ1v) is 8.36. The van der Waals surface area contributed by atoms with Gasteiger partial charge in [-0.2, -0.15) is 0 Å². The molecule has 1 unspecified atom stereocenters. The SMILES string of the molecule is COc1ccccc1CCN(C)C(=O)C1Cc2ccccc2CN1. The molecule has 0 aliphatic carbocycles. The van der Waals surface area contributed by atoms with Crippen LogP contribution < -0.4 is 10.1 Å². The van der Waals surface area contributed by atoms with Crippen LogP contribution in [0.5, 0.6) is 5.75 Å². The number of fused-ring (bicyclic) bond motifs is 1. The molecule has 0 saturated carbocycles. The average molecular weight is 324 g/mol. The van der Waals surface area contributed by atoms with Gasteiger partial charge in [-0.3, -0.25) is 4.79 Å². The Bertz CT molecular complexity index is 714. The Kier molecular flexibility index (Phi) is 5.16. The highest BCUT2D eigenvalue weighted by molar-refractivity contribution is 5.82. The number of rotatable bonds is 5. The van der Waals surface area contributed by atoms with Crippen molar-refractivity contribution in [1.82, 2.24) is 10.2 Å². The van der Waals surface area contributed by atoms with Crippen molar-refractivity contribution in [2.75, 3.05) is 20.7 Å². The van der Waals surface area contributed by atoms with E-state index in [1.165, 1.54) is 11.1 Å². The van der Waals surface area contributed by atoms with Crippen molar-refractivity contribution in [3.05, 3.63) is 65.2 Å². The molecule has 0 fully saturated rings. The minimum absolute atomic E-state index is 0.137. The lowest BCUT2D eigenvalue weighted by atomic mass is 9.95. The summed E-state index contributed by atoms with van der Waals surface area (Å²) < 4.78 is 5.38. The van der Waals surface area contributed by atoms with Crippen molar-refractivity contribution < 1.29 is 9.53 Å². The van der Waals surface area contributed by atoms with Crippen LogP contribution in [0.3, 0.4) is 0 Å². The molecule has 24 heavy (non-hydrogen) atoms. The van der Waals surface area contributed by atoms with Gasteiger partial charge in [0.25, 0.3) is 0 Å². The fourth-order valence-corrected chi connectivity index (χ4v) is 3.20. The third-order valence-corrected chi connectivity index (χ3v) is 4.66. The number of hydrogen-bond donors (Lipinski definition) is 1. The number of amides is 1. The van der Waals surface area contributed by atoms with Gasteiger partial charge in [0.1, 0.15) is 5.75 Å². The Balaban J connectivity index is 1.59. The van der Waals surface area contributed by atoms with E-state index in [0.29, 0.717) is 6.54 Å². The summed E-state index contributed by atoms with van der Waals surface area (Å²) in [5, 5.41) is 3.36. The second-order valence-electron chi connectivity index (χ2n) is 6.23. The smallest absolute Gasteiger partial charge is 0.239 e. The largest absolute Gasteiger partial charge is 0.496 e. The summed E-state index contributed by atoms with van der Waals surface area (Å²) in [4.78, 5) is 14.5. The number of hydrogen-bond acceptors (Lipinski definition) is 3. The molecule has 0 radical (unpaired) electrons. The highest BCUT2D eigenvalue weighted by atomic mass is 16.5. The molecular formula is C20H24N2O2. The molecule has 1 aliphatic rings. The van der Waals surface area contributed by atoms with E-state index in [9.17, 15) is 4.79 Å². The minimum Gasteiger partial charge on any atom is -0.496 e. The number of carbonyl (C=O) groups is 1. The Labute approximate surface area is 143 Å². The summed E-state index contributed by atoms with van der Waals surface area (Å²) in [5.74, 6) is 1.03. The second kappa shape index (κ2) is 7.49. The fraction of sp³-hybridized carbons (Fsp3) is 0.350. The third-order valence-electron chi connectivity index (χ3n) is 4.66. The van der Waals surface area contributed by atoms with E-state index in [4.69, 9.17) is 4.74 Å². The Morgan fingerprint density at radius 3 is 2.67 bits per heavy atom. The first-order valence-electron chi connectivity index (χ1n) is 8.36. The maximum atomic E-state index is 12.7. The Hall–Kier alpha value is -2.33. The zero-order valence-corrected chi connectivity index (χ0v) is 14.3. The molecule has 126 valence electrons. The van der Waals surface area contributed by atoms with Gasteiger partial charge in [-0.25, -0.2) is 0 Å². The van der Waals surface area contributed by atoms with Crippen LogP contribution in [0.4, 0.5) is 0 Å². The number of para-hydroxylation sites is 1. The lowest BCUT2D eigenvalue weighted by Gasteiger charge is -2.29. The number of methoxy groups -OCH3 is 1. The molecule has 1 aliphatic heterocycles. The Morgan fingerprint density at radius 1 is 1.17 bits per heavy atom. The number of benzene rings is 2.